The summed E-state index contributed by atoms with van der Waals surface area (Å²) in [4.78, 5) is 8.72. The Morgan fingerprint density at radius 1 is 0.920 bits per heavy atom. The van der Waals surface area contributed by atoms with E-state index >= 15 is 0 Å². The second-order valence-corrected chi connectivity index (χ2v) is 5.70. The molecule has 4 rings (SSSR count). The van der Waals surface area contributed by atoms with Crippen molar-refractivity contribution in [3.05, 3.63) is 78.1 Å². The smallest absolute Gasteiger partial charge is 0.183 e. The summed E-state index contributed by atoms with van der Waals surface area (Å²) in [7, 11) is 0. The molecule has 6 nitrogen and oxygen atoms in total. The Morgan fingerprint density at radius 3 is 2.16 bits per heavy atom. The van der Waals surface area contributed by atoms with E-state index in [9.17, 15) is 0 Å². The number of fused-ring (bicyclic) bond motifs is 1. The first kappa shape index (κ1) is 15.3. The van der Waals surface area contributed by atoms with E-state index in [1.54, 1.807) is 11.0 Å². The molecule has 0 aliphatic heterocycles. The highest BCUT2D eigenvalue weighted by molar-refractivity contribution is 5.82. The van der Waals surface area contributed by atoms with E-state index in [0.717, 1.165) is 16.8 Å². The largest absolute Gasteiger partial charge is 0.357 e. The van der Waals surface area contributed by atoms with Gasteiger partial charge in [0.05, 0.1) is 6.04 Å². The van der Waals surface area contributed by atoms with Gasteiger partial charge in [0.25, 0.3) is 0 Å². The third-order valence-corrected chi connectivity index (χ3v) is 4.15. The maximum Gasteiger partial charge on any atom is 0.183 e. The summed E-state index contributed by atoms with van der Waals surface area (Å²) in [5.41, 5.74) is 3.73. The molecule has 0 saturated heterocycles. The fourth-order valence-corrected chi connectivity index (χ4v) is 2.90. The molecule has 124 valence electrons. The van der Waals surface area contributed by atoms with E-state index in [0.29, 0.717) is 17.9 Å². The van der Waals surface area contributed by atoms with Gasteiger partial charge in [-0.15, -0.1) is 5.10 Å². The van der Waals surface area contributed by atoms with Gasteiger partial charge in [-0.2, -0.15) is 0 Å². The molecule has 2 aromatic heterocycles. The second-order valence-electron chi connectivity index (χ2n) is 5.70. The second kappa shape index (κ2) is 6.68. The number of nitrogens with zero attached hydrogens (tertiary/aromatic N) is 5. The highest BCUT2D eigenvalue weighted by atomic mass is 15.4. The zero-order valence-corrected chi connectivity index (χ0v) is 13.9. The van der Waals surface area contributed by atoms with Crippen LogP contribution in [0.25, 0.3) is 11.2 Å². The van der Waals surface area contributed by atoms with Crippen molar-refractivity contribution in [2.75, 3.05) is 5.32 Å². The van der Waals surface area contributed by atoms with Crippen LogP contribution in [0.4, 0.5) is 5.82 Å². The van der Waals surface area contributed by atoms with Crippen LogP contribution in [0.15, 0.2) is 67.0 Å². The number of aromatic nitrogens is 5. The number of hydrogen-bond acceptors (Lipinski definition) is 5. The van der Waals surface area contributed by atoms with Gasteiger partial charge in [-0.3, -0.25) is 0 Å². The van der Waals surface area contributed by atoms with Gasteiger partial charge in [0.2, 0.25) is 0 Å². The summed E-state index contributed by atoms with van der Waals surface area (Å²) in [6, 6.07) is 20.6. The minimum Gasteiger partial charge on any atom is -0.357 e. The summed E-state index contributed by atoms with van der Waals surface area (Å²) in [6.07, 6.45) is 1.55. The lowest BCUT2D eigenvalue weighted by molar-refractivity contribution is 0.641. The van der Waals surface area contributed by atoms with Crippen molar-refractivity contribution < 1.29 is 0 Å². The lowest BCUT2D eigenvalue weighted by Crippen LogP contribution is -2.13. The van der Waals surface area contributed by atoms with Crippen LogP contribution in [0.1, 0.15) is 24.1 Å². The molecular weight excluding hydrogens is 312 g/mol. The lowest BCUT2D eigenvalue weighted by Gasteiger charge is -2.20. The highest BCUT2D eigenvalue weighted by Gasteiger charge is 2.18. The molecule has 4 aromatic rings. The van der Waals surface area contributed by atoms with Gasteiger partial charge in [-0.25, -0.2) is 14.6 Å². The van der Waals surface area contributed by atoms with Crippen LogP contribution < -0.4 is 5.32 Å². The van der Waals surface area contributed by atoms with Crippen LogP contribution in [0, 0.1) is 0 Å². The van der Waals surface area contributed by atoms with E-state index in [4.69, 9.17) is 0 Å². The van der Waals surface area contributed by atoms with Crippen LogP contribution in [0.2, 0.25) is 0 Å². The van der Waals surface area contributed by atoms with Gasteiger partial charge in [0.15, 0.2) is 17.0 Å². The SMILES string of the molecule is CCn1nnc2c(NC(c3ccccc3)c3ccccc3)ncnc21. The molecule has 0 spiro atoms. The molecule has 0 unspecified atom stereocenters. The molecule has 2 aromatic carbocycles. The first-order valence-electron chi connectivity index (χ1n) is 8.27. The first-order valence-corrected chi connectivity index (χ1v) is 8.27. The Balaban J connectivity index is 1.78. The fourth-order valence-electron chi connectivity index (χ4n) is 2.90. The first-order chi connectivity index (χ1) is 12.4. The maximum absolute atomic E-state index is 4.41. The van der Waals surface area contributed by atoms with Crippen molar-refractivity contribution in [1.29, 1.82) is 0 Å². The fraction of sp³-hybridized carbons (Fsp3) is 0.158. The van der Waals surface area contributed by atoms with Crippen molar-refractivity contribution in [1.82, 2.24) is 25.0 Å². The van der Waals surface area contributed by atoms with E-state index in [2.05, 4.69) is 49.9 Å². The Morgan fingerprint density at radius 2 is 1.56 bits per heavy atom. The summed E-state index contributed by atoms with van der Waals surface area (Å²) in [6.45, 7) is 2.73. The summed E-state index contributed by atoms with van der Waals surface area (Å²) < 4.78 is 1.77. The summed E-state index contributed by atoms with van der Waals surface area (Å²) in [5.74, 6) is 0.683. The van der Waals surface area contributed by atoms with Gasteiger partial charge in [0.1, 0.15) is 6.33 Å². The van der Waals surface area contributed by atoms with E-state index < -0.39 is 0 Å². The summed E-state index contributed by atoms with van der Waals surface area (Å²) >= 11 is 0. The van der Waals surface area contributed by atoms with Crippen LogP contribution in [-0.2, 0) is 6.54 Å². The van der Waals surface area contributed by atoms with Gasteiger partial charge in [0, 0.05) is 6.54 Å². The van der Waals surface area contributed by atoms with Gasteiger partial charge in [-0.05, 0) is 18.1 Å². The van der Waals surface area contributed by atoms with Gasteiger partial charge >= 0.3 is 0 Å². The van der Waals surface area contributed by atoms with E-state index in [-0.39, 0.29) is 6.04 Å². The zero-order valence-electron chi connectivity index (χ0n) is 13.9. The van der Waals surface area contributed by atoms with Crippen molar-refractivity contribution in [2.24, 2.45) is 0 Å². The molecule has 0 aliphatic rings. The lowest BCUT2D eigenvalue weighted by atomic mass is 9.99. The Labute approximate surface area is 145 Å². The summed E-state index contributed by atoms with van der Waals surface area (Å²) in [5, 5.41) is 11.9. The molecule has 6 heteroatoms. The third-order valence-electron chi connectivity index (χ3n) is 4.15. The average molecular weight is 330 g/mol. The van der Waals surface area contributed by atoms with Crippen LogP contribution >= 0.6 is 0 Å². The Kier molecular flexibility index (Phi) is 4.08. The minimum absolute atomic E-state index is 0.0349. The normalized spacial score (nSPS) is 11.1. The standard InChI is InChI=1S/C19H18N6/c1-2-25-19-17(23-24-25)18(20-13-21-19)22-16(14-9-5-3-6-10-14)15-11-7-4-8-12-15/h3-13,16H,2H2,1H3,(H,20,21,22). The molecule has 0 amide bonds. The molecule has 0 radical (unpaired) electrons. The Bertz CT molecular complexity index is 926. The van der Waals surface area contributed by atoms with Gasteiger partial charge < -0.3 is 5.32 Å². The predicted octanol–water partition coefficient (Wildman–Crippen LogP) is 3.44. The molecule has 1 N–H and O–H groups in total. The molecular formula is C19H18N6. The number of nitrogens with one attached hydrogen (secondary N) is 1. The number of aryl methyl sites for hydroxylation is 1. The highest BCUT2D eigenvalue weighted by Crippen LogP contribution is 2.28. The number of rotatable bonds is 5. The monoisotopic (exact) mass is 330 g/mol. The third kappa shape index (κ3) is 2.94. The van der Waals surface area contributed by atoms with Crippen LogP contribution in [-0.4, -0.2) is 25.0 Å². The molecule has 2 heterocycles. The van der Waals surface area contributed by atoms with Crippen LogP contribution in [0.5, 0.6) is 0 Å². The molecule has 0 fully saturated rings. The number of hydrogen-bond donors (Lipinski definition) is 1. The number of anilines is 1. The van der Waals surface area contributed by atoms with E-state index in [1.165, 1.54) is 0 Å². The zero-order chi connectivity index (χ0) is 17.1. The van der Waals surface area contributed by atoms with Gasteiger partial charge in [-0.1, -0.05) is 65.9 Å². The molecule has 0 aliphatic carbocycles. The predicted molar refractivity (Wildman–Crippen MR) is 97.1 cm³/mol. The quantitative estimate of drug-likeness (QED) is 0.607. The van der Waals surface area contributed by atoms with Crippen molar-refractivity contribution in [3.63, 3.8) is 0 Å². The molecule has 0 saturated carbocycles. The van der Waals surface area contributed by atoms with Crippen molar-refractivity contribution in [2.45, 2.75) is 19.5 Å². The molecule has 0 atom stereocenters. The number of benzene rings is 2. The average Bonchev–Trinajstić information content (AvgIpc) is 3.11. The molecule has 0 bridgehead atoms. The van der Waals surface area contributed by atoms with Crippen LogP contribution in [0.3, 0.4) is 0 Å². The van der Waals surface area contributed by atoms with Crippen molar-refractivity contribution in [3.8, 4) is 0 Å². The van der Waals surface area contributed by atoms with E-state index in [1.807, 2.05) is 43.3 Å². The minimum atomic E-state index is -0.0349. The Hall–Kier alpha value is -3.28. The maximum atomic E-state index is 4.41. The van der Waals surface area contributed by atoms with Crippen molar-refractivity contribution >= 4 is 17.0 Å². The topological polar surface area (TPSA) is 68.5 Å². The molecule has 25 heavy (non-hydrogen) atoms.